The van der Waals surface area contributed by atoms with Crippen molar-refractivity contribution in [1.82, 2.24) is 0 Å². The Morgan fingerprint density at radius 1 is 0.913 bits per heavy atom. The Morgan fingerprint density at radius 2 is 1.43 bits per heavy atom. The number of hydrogen-bond acceptors (Lipinski definition) is 5. The van der Waals surface area contributed by atoms with Gasteiger partial charge in [0.1, 0.15) is 5.76 Å². The molecule has 0 aliphatic carbocycles. The highest BCUT2D eigenvalue weighted by Crippen LogP contribution is 2.06. The maximum absolute atomic E-state index is 11.7. The van der Waals surface area contributed by atoms with E-state index in [0.717, 1.165) is 0 Å². The average Bonchev–Trinajstić information content (AvgIpc) is 2.62. The lowest BCUT2D eigenvalue weighted by Gasteiger charge is -1.99. The lowest BCUT2D eigenvalue weighted by molar-refractivity contribution is -0.517. The highest BCUT2D eigenvalue weighted by Gasteiger charge is 2.30. The van der Waals surface area contributed by atoms with Gasteiger partial charge in [-0.15, -0.1) is 0 Å². The Morgan fingerprint density at radius 3 is 1.91 bits per heavy atom. The van der Waals surface area contributed by atoms with Crippen molar-refractivity contribution in [1.29, 1.82) is 0 Å². The fourth-order valence-electron chi connectivity index (χ4n) is 1.98. The number of pyridine rings is 1. The summed E-state index contributed by atoms with van der Waals surface area (Å²) in [6.07, 6.45) is 2.94. The summed E-state index contributed by atoms with van der Waals surface area (Å²) in [7, 11) is 2.35. The summed E-state index contributed by atoms with van der Waals surface area (Å²) in [6.45, 7) is 0. The van der Waals surface area contributed by atoms with Crippen LogP contribution in [0.5, 0.6) is 0 Å². The van der Waals surface area contributed by atoms with Gasteiger partial charge in [-0.2, -0.15) is 4.24 Å². The van der Waals surface area contributed by atoms with E-state index >= 15 is 0 Å². The van der Waals surface area contributed by atoms with Crippen molar-refractivity contribution in [2.24, 2.45) is 0 Å². The Balaban J connectivity index is 2.59. The van der Waals surface area contributed by atoms with E-state index in [9.17, 15) is 14.7 Å². The summed E-state index contributed by atoms with van der Waals surface area (Å²) in [4.78, 5) is 23.4. The third-order valence-electron chi connectivity index (χ3n) is 3.17. The highest BCUT2D eigenvalue weighted by molar-refractivity contribution is 6.05. The number of carbonyl (C=O) groups excluding carboxylic acids is 2. The Hall–Kier alpha value is -3.15. The van der Waals surface area contributed by atoms with Gasteiger partial charge in [0, 0.05) is 22.9 Å². The molecule has 2 rings (SSSR count). The van der Waals surface area contributed by atoms with Crippen molar-refractivity contribution in [3.05, 3.63) is 71.4 Å². The summed E-state index contributed by atoms with van der Waals surface area (Å²) in [5.41, 5.74) is 0.385. The van der Waals surface area contributed by atoms with Gasteiger partial charge in [0.2, 0.25) is 0 Å². The number of ether oxygens (including phenoxy) is 2. The van der Waals surface area contributed by atoms with E-state index in [4.69, 9.17) is 0 Å². The quantitative estimate of drug-likeness (QED) is 0.504. The molecule has 0 bridgehead atoms. The largest absolute Gasteiger partial charge is 0.507 e. The van der Waals surface area contributed by atoms with Crippen molar-refractivity contribution in [3.63, 3.8) is 0 Å². The van der Waals surface area contributed by atoms with Crippen molar-refractivity contribution in [3.8, 4) is 0 Å². The van der Waals surface area contributed by atoms with Crippen LogP contribution in [0.3, 0.4) is 0 Å². The Labute approximate surface area is 132 Å². The second kappa shape index (κ2) is 7.22. The van der Waals surface area contributed by atoms with Gasteiger partial charge in [0.15, 0.2) is 12.4 Å². The molecule has 23 heavy (non-hydrogen) atoms. The van der Waals surface area contributed by atoms with Gasteiger partial charge in [0.25, 0.3) is 0 Å². The second-order valence-electron chi connectivity index (χ2n) is 4.54. The van der Waals surface area contributed by atoms with Gasteiger partial charge >= 0.3 is 17.7 Å². The van der Waals surface area contributed by atoms with Crippen LogP contribution >= 0.6 is 0 Å². The van der Waals surface area contributed by atoms with Crippen LogP contribution in [0.15, 0.2) is 54.9 Å². The van der Waals surface area contributed by atoms with E-state index in [1.165, 1.54) is 30.9 Å². The molecule has 0 saturated carbocycles. The first kappa shape index (κ1) is 16.2. The molecule has 0 atom stereocenters. The van der Waals surface area contributed by atoms with Crippen LogP contribution in [0, 0.1) is 5.71 Å². The number of hydrogen-bond donors (Lipinski definition) is 1. The van der Waals surface area contributed by atoms with Crippen molar-refractivity contribution >= 4 is 17.7 Å². The standard InChI is InChI=1S/C17H15NO5/c1-22-16(20)14(17(21)23-2)18-10-8-13(9-11-18)15(19)12-6-4-3-5-7-12/h3-11H,1-2H3/p+1. The molecule has 0 amide bonds. The summed E-state index contributed by atoms with van der Waals surface area (Å²) >= 11 is 0. The summed E-state index contributed by atoms with van der Waals surface area (Å²) in [5, 5.41) is 10.8. The van der Waals surface area contributed by atoms with Crippen LogP contribution < -0.4 is 9.46 Å². The van der Waals surface area contributed by atoms with Gasteiger partial charge in [-0.3, -0.25) is 0 Å². The fraction of sp³-hybridized carbons (Fsp3) is 0.118. The van der Waals surface area contributed by atoms with Gasteiger partial charge < -0.3 is 14.6 Å². The molecule has 6 heteroatoms. The molecule has 0 unspecified atom stereocenters. The number of carbonyl (C=O) groups is 2. The molecule has 0 fully saturated rings. The van der Waals surface area contributed by atoms with Crippen molar-refractivity contribution in [2.75, 3.05) is 14.2 Å². The van der Waals surface area contributed by atoms with E-state index in [1.54, 1.807) is 24.3 Å². The SMILES string of the molecule is COC(=O)C(C(=O)OC)=[n+]1ccc(=C(O)c2ccccc2)cc1. The number of nitrogens with zero attached hydrogens (tertiary/aromatic N) is 1. The molecule has 0 aliphatic heterocycles. The van der Waals surface area contributed by atoms with Crippen LogP contribution in [0.4, 0.5) is 0 Å². The zero-order valence-corrected chi connectivity index (χ0v) is 12.7. The number of esters is 2. The number of aromatic nitrogens is 1. The molecule has 1 N–H and O–H groups in total. The summed E-state index contributed by atoms with van der Waals surface area (Å²) in [5.74, 6) is -1.54. The monoisotopic (exact) mass is 314 g/mol. The molecule has 0 aliphatic rings. The number of benzene rings is 1. The lowest BCUT2D eigenvalue weighted by atomic mass is 10.1. The molecule has 6 nitrogen and oxygen atoms in total. The summed E-state index contributed by atoms with van der Waals surface area (Å²) < 4.78 is 10.4. The molecule has 2 aromatic rings. The van der Waals surface area contributed by atoms with Crippen LogP contribution in [-0.2, 0) is 19.1 Å². The molecule has 1 aromatic carbocycles. The van der Waals surface area contributed by atoms with E-state index < -0.39 is 11.9 Å². The number of rotatable bonds is 3. The summed E-state index contributed by atoms with van der Waals surface area (Å²) in [6, 6.07) is 12.2. The minimum atomic E-state index is -0.814. The third-order valence-corrected chi connectivity index (χ3v) is 3.17. The smallest absolute Gasteiger partial charge is 0.411 e. The Bertz CT molecular complexity index is 802. The molecule has 1 heterocycles. The fourth-order valence-corrected chi connectivity index (χ4v) is 1.98. The normalized spacial score (nSPS) is 9.83. The molecular formula is C17H16NO5+. The molecule has 1 aromatic heterocycles. The van der Waals surface area contributed by atoms with Crippen LogP contribution in [0.1, 0.15) is 5.56 Å². The van der Waals surface area contributed by atoms with E-state index in [1.807, 2.05) is 18.2 Å². The maximum atomic E-state index is 11.7. The van der Waals surface area contributed by atoms with Gasteiger partial charge in [0.05, 0.1) is 14.2 Å². The minimum absolute atomic E-state index is 0.0930. The molecule has 0 spiro atoms. The molecule has 0 saturated heterocycles. The van der Waals surface area contributed by atoms with Gasteiger partial charge in [-0.05, 0) is 0 Å². The number of aliphatic hydroxyl groups is 1. The minimum Gasteiger partial charge on any atom is -0.507 e. The molecule has 0 radical (unpaired) electrons. The average molecular weight is 314 g/mol. The number of aliphatic hydroxyl groups excluding tert-OH is 1. The van der Waals surface area contributed by atoms with Crippen LogP contribution in [-0.4, -0.2) is 31.3 Å². The van der Waals surface area contributed by atoms with Crippen molar-refractivity contribution in [2.45, 2.75) is 0 Å². The zero-order chi connectivity index (χ0) is 16.8. The second-order valence-corrected chi connectivity index (χ2v) is 4.54. The first-order chi connectivity index (χ1) is 11.1. The lowest BCUT2D eigenvalue weighted by Crippen LogP contribution is -2.35. The van der Waals surface area contributed by atoms with Gasteiger partial charge in [-0.25, -0.2) is 9.59 Å². The topological polar surface area (TPSA) is 78.7 Å². The predicted molar refractivity (Wildman–Crippen MR) is 80.5 cm³/mol. The molecule has 118 valence electrons. The third kappa shape index (κ3) is 3.55. The number of methoxy groups -OCH3 is 2. The zero-order valence-electron chi connectivity index (χ0n) is 12.7. The molecular weight excluding hydrogens is 298 g/mol. The highest BCUT2D eigenvalue weighted by atomic mass is 16.5. The van der Waals surface area contributed by atoms with Gasteiger partial charge in [-0.1, -0.05) is 30.3 Å². The predicted octanol–water partition coefficient (Wildman–Crippen LogP) is 0.415. The van der Waals surface area contributed by atoms with E-state index in [0.29, 0.717) is 10.8 Å². The maximum Gasteiger partial charge on any atom is 0.411 e. The van der Waals surface area contributed by atoms with Crippen LogP contribution in [0.2, 0.25) is 0 Å². The first-order valence-corrected chi connectivity index (χ1v) is 6.75. The van der Waals surface area contributed by atoms with E-state index in [-0.39, 0.29) is 11.5 Å². The Kier molecular flexibility index (Phi) is 5.09. The first-order valence-electron chi connectivity index (χ1n) is 6.75. The van der Waals surface area contributed by atoms with Crippen LogP contribution in [0.25, 0.3) is 5.76 Å². The van der Waals surface area contributed by atoms with Crippen molar-refractivity contribution < 1.29 is 28.4 Å². The van der Waals surface area contributed by atoms with E-state index in [2.05, 4.69) is 9.47 Å².